The zero-order chi connectivity index (χ0) is 25.1. The van der Waals surface area contributed by atoms with E-state index in [1.807, 2.05) is 38.4 Å². The maximum absolute atomic E-state index is 14.6. The molecule has 5 aromatic rings. The number of hydrogen-bond acceptors (Lipinski definition) is 5. The van der Waals surface area contributed by atoms with Gasteiger partial charge in [-0.15, -0.1) is 0 Å². The van der Waals surface area contributed by atoms with E-state index in [2.05, 4.69) is 50.6 Å². The lowest BCUT2D eigenvalue weighted by Gasteiger charge is -2.10. The van der Waals surface area contributed by atoms with E-state index in [9.17, 15) is 4.39 Å². The molecule has 5 rings (SSSR count). The molecule has 2 N–H and O–H groups in total. The number of hydrogen-bond donors (Lipinski definition) is 2. The summed E-state index contributed by atoms with van der Waals surface area (Å²) in [6, 6.07) is 15.0. The number of aromatic amines is 1. The lowest BCUT2D eigenvalue weighted by atomic mass is 10.0. The molecule has 0 bridgehead atoms. The number of aliphatic imine (C=N–C) groups is 1. The Morgan fingerprint density at radius 2 is 1.81 bits per heavy atom. The molecular weight excluding hydrogens is 451 g/mol. The Bertz CT molecular complexity index is 1570. The van der Waals surface area contributed by atoms with Crippen molar-refractivity contribution in [3.63, 3.8) is 0 Å². The average molecular weight is 479 g/mol. The second-order valence-corrected chi connectivity index (χ2v) is 8.72. The normalized spacial score (nSPS) is 11.8. The molecule has 0 aliphatic rings. The topological polar surface area (TPSA) is 78.9 Å². The fraction of sp³-hybridized carbons (Fsp3) is 0.172. The number of fused-ring (bicyclic) bond motifs is 1. The van der Waals surface area contributed by atoms with Crippen molar-refractivity contribution in [1.29, 1.82) is 0 Å². The third-order valence-electron chi connectivity index (χ3n) is 6.16. The third kappa shape index (κ3) is 4.65. The van der Waals surface area contributed by atoms with E-state index in [-0.39, 0.29) is 5.82 Å². The lowest BCUT2D eigenvalue weighted by molar-refractivity contribution is 0.631. The van der Waals surface area contributed by atoms with E-state index >= 15 is 0 Å². The Morgan fingerprint density at radius 1 is 0.972 bits per heavy atom. The van der Waals surface area contributed by atoms with Gasteiger partial charge in [0.2, 0.25) is 0 Å². The first kappa shape index (κ1) is 23.5. The van der Waals surface area contributed by atoms with Crippen molar-refractivity contribution >= 4 is 22.3 Å². The minimum absolute atomic E-state index is 0.307. The van der Waals surface area contributed by atoms with Crippen LogP contribution in [0.1, 0.15) is 30.7 Å². The predicted octanol–water partition coefficient (Wildman–Crippen LogP) is 6.38. The minimum atomic E-state index is -0.307. The van der Waals surface area contributed by atoms with Crippen LogP contribution >= 0.6 is 0 Å². The highest BCUT2D eigenvalue weighted by atomic mass is 19.1. The number of benzene rings is 2. The number of nitrogens with zero attached hydrogens (tertiary/aromatic N) is 4. The summed E-state index contributed by atoms with van der Waals surface area (Å²) in [4.78, 5) is 13.6. The summed E-state index contributed by atoms with van der Waals surface area (Å²) in [5, 5.41) is 12.0. The van der Waals surface area contributed by atoms with Gasteiger partial charge in [-0.1, -0.05) is 31.2 Å². The summed E-state index contributed by atoms with van der Waals surface area (Å²) in [6.07, 6.45) is 7.16. The van der Waals surface area contributed by atoms with Crippen LogP contribution in [0.25, 0.3) is 33.2 Å². The molecule has 0 radical (unpaired) electrons. The number of aryl methyl sites for hydroxylation is 1. The van der Waals surface area contributed by atoms with Gasteiger partial charge in [-0.25, -0.2) is 4.39 Å². The fourth-order valence-corrected chi connectivity index (χ4v) is 4.28. The number of nitrogens with one attached hydrogen (secondary N) is 2. The van der Waals surface area contributed by atoms with Gasteiger partial charge >= 0.3 is 0 Å². The van der Waals surface area contributed by atoms with Gasteiger partial charge in [-0.05, 0) is 61.3 Å². The molecule has 180 valence electrons. The summed E-state index contributed by atoms with van der Waals surface area (Å²) in [6.45, 7) is 7.62. The molecule has 0 saturated heterocycles. The van der Waals surface area contributed by atoms with Crippen molar-refractivity contribution in [2.75, 3.05) is 6.54 Å². The van der Waals surface area contributed by atoms with Crippen molar-refractivity contribution in [2.24, 2.45) is 4.99 Å². The maximum atomic E-state index is 14.6. The van der Waals surface area contributed by atoms with Gasteiger partial charge in [0.1, 0.15) is 11.5 Å². The van der Waals surface area contributed by atoms with Crippen LogP contribution in [0.4, 0.5) is 10.1 Å². The van der Waals surface area contributed by atoms with Gasteiger partial charge in [-0.3, -0.25) is 20.1 Å². The first-order valence-electron chi connectivity index (χ1n) is 11.9. The number of pyridine rings is 2. The first-order valence-corrected chi connectivity index (χ1v) is 11.9. The van der Waals surface area contributed by atoms with Gasteiger partial charge in [0, 0.05) is 53.4 Å². The maximum Gasteiger partial charge on any atom is 0.131 e. The standard InChI is InChI=1S/C29H27FN6/c1-4-31-14-20-11-22(16-33-15-20)21-9-10-27-24(12-21)29(36-35-27)19(3)34-28-18(2)13-32-17-25(28)23-7-5-6-8-26(23)30/h5-13,15-17,31H,4,14H2,1-3H3,(H,35,36). The van der Waals surface area contributed by atoms with Gasteiger partial charge in [0.05, 0.1) is 16.9 Å². The molecule has 7 heteroatoms. The number of rotatable bonds is 7. The molecule has 2 aromatic carbocycles. The molecule has 0 spiro atoms. The predicted molar refractivity (Wildman–Crippen MR) is 143 cm³/mol. The van der Waals surface area contributed by atoms with Crippen molar-refractivity contribution in [3.8, 4) is 22.3 Å². The number of aromatic nitrogens is 4. The molecule has 0 amide bonds. The summed E-state index contributed by atoms with van der Waals surface area (Å²) in [5.74, 6) is -0.307. The molecular formula is C29H27FN6. The zero-order valence-corrected chi connectivity index (χ0v) is 20.5. The second-order valence-electron chi connectivity index (χ2n) is 8.72. The second kappa shape index (κ2) is 10.2. The number of halogens is 1. The molecule has 36 heavy (non-hydrogen) atoms. The zero-order valence-electron chi connectivity index (χ0n) is 20.5. The summed E-state index contributed by atoms with van der Waals surface area (Å²) in [5.41, 5.74) is 8.28. The SMILES string of the molecule is CCNCc1cncc(-c2ccc3[nH]nc(C(C)=Nc4c(C)cncc4-c4ccccc4F)c3c2)c1. The molecule has 3 heterocycles. The Balaban J connectivity index is 1.57. The first-order chi connectivity index (χ1) is 17.5. The Morgan fingerprint density at radius 3 is 2.64 bits per heavy atom. The van der Waals surface area contributed by atoms with Crippen LogP contribution in [0.15, 0.2) is 78.3 Å². The Labute approximate surface area is 209 Å². The fourth-order valence-electron chi connectivity index (χ4n) is 4.28. The molecule has 3 aromatic heterocycles. The van der Waals surface area contributed by atoms with Gasteiger partial charge in [-0.2, -0.15) is 5.10 Å². The van der Waals surface area contributed by atoms with E-state index in [1.54, 1.807) is 24.5 Å². The van der Waals surface area contributed by atoms with Crippen LogP contribution in [0, 0.1) is 12.7 Å². The van der Waals surface area contributed by atoms with Crippen LogP contribution in [-0.4, -0.2) is 32.4 Å². The summed E-state index contributed by atoms with van der Waals surface area (Å²) in [7, 11) is 0. The van der Waals surface area contributed by atoms with Crippen LogP contribution in [0.5, 0.6) is 0 Å². The summed E-state index contributed by atoms with van der Waals surface area (Å²) >= 11 is 0. The highest BCUT2D eigenvalue weighted by Crippen LogP contribution is 2.35. The molecule has 6 nitrogen and oxygen atoms in total. The van der Waals surface area contributed by atoms with Gasteiger partial charge in [0.25, 0.3) is 0 Å². The van der Waals surface area contributed by atoms with Crippen LogP contribution < -0.4 is 5.32 Å². The molecule has 0 aliphatic heterocycles. The van der Waals surface area contributed by atoms with Crippen molar-refractivity contribution in [2.45, 2.75) is 27.3 Å². The quantitative estimate of drug-likeness (QED) is 0.266. The monoisotopic (exact) mass is 478 g/mol. The molecule has 0 saturated carbocycles. The van der Waals surface area contributed by atoms with Crippen molar-refractivity contribution in [3.05, 3.63) is 96.0 Å². The Kier molecular flexibility index (Phi) is 6.64. The average Bonchev–Trinajstić information content (AvgIpc) is 3.33. The number of H-pyrrole nitrogens is 1. The molecule has 0 unspecified atom stereocenters. The van der Waals surface area contributed by atoms with Crippen LogP contribution in [0.3, 0.4) is 0 Å². The lowest BCUT2D eigenvalue weighted by Crippen LogP contribution is -2.11. The molecule has 0 aliphatic carbocycles. The van der Waals surface area contributed by atoms with Crippen LogP contribution in [-0.2, 0) is 6.54 Å². The highest BCUT2D eigenvalue weighted by molar-refractivity contribution is 6.09. The smallest absolute Gasteiger partial charge is 0.131 e. The molecule has 0 fully saturated rings. The van der Waals surface area contributed by atoms with Crippen LogP contribution in [0.2, 0.25) is 0 Å². The van der Waals surface area contributed by atoms with Gasteiger partial charge in [0.15, 0.2) is 0 Å². The largest absolute Gasteiger partial charge is 0.313 e. The Hall–Kier alpha value is -4.23. The van der Waals surface area contributed by atoms with Crippen molar-refractivity contribution in [1.82, 2.24) is 25.5 Å². The van der Waals surface area contributed by atoms with Gasteiger partial charge < -0.3 is 5.32 Å². The minimum Gasteiger partial charge on any atom is -0.313 e. The van der Waals surface area contributed by atoms with Crippen molar-refractivity contribution < 1.29 is 4.39 Å². The third-order valence-corrected chi connectivity index (χ3v) is 6.16. The molecule has 0 atom stereocenters. The summed E-state index contributed by atoms with van der Waals surface area (Å²) < 4.78 is 14.6. The van der Waals surface area contributed by atoms with E-state index in [4.69, 9.17) is 4.99 Å². The van der Waals surface area contributed by atoms with E-state index in [0.717, 1.165) is 57.7 Å². The van der Waals surface area contributed by atoms with E-state index in [0.29, 0.717) is 16.8 Å². The van der Waals surface area contributed by atoms with E-state index < -0.39 is 0 Å². The highest BCUT2D eigenvalue weighted by Gasteiger charge is 2.15. The van der Waals surface area contributed by atoms with E-state index in [1.165, 1.54) is 6.07 Å².